The second kappa shape index (κ2) is 6.24. The lowest BCUT2D eigenvalue weighted by atomic mass is 9.60. The summed E-state index contributed by atoms with van der Waals surface area (Å²) in [4.78, 5) is 23.9. The van der Waals surface area contributed by atoms with Crippen molar-refractivity contribution in [2.75, 3.05) is 6.61 Å². The number of carbonyl (C=O) groups is 1. The van der Waals surface area contributed by atoms with E-state index in [1.165, 1.54) is 23.5 Å². The SMILES string of the molecule is CCO[C@@H]1C[C@H](NC(=O)Cn2ccccc2=O)C12CCCC2. The molecule has 5 heteroatoms. The molecule has 120 valence electrons. The molecule has 1 heterocycles. The standard InChI is InChI=1S/C17H24N2O3/c1-2-22-14-11-13(17(14)8-4-5-9-17)18-15(20)12-19-10-6-3-7-16(19)21/h3,6-7,10,13-14H,2,4-5,8-9,11-12H2,1H3,(H,18,20)/t13-,14+/m0/s1. The minimum absolute atomic E-state index is 0.0838. The quantitative estimate of drug-likeness (QED) is 0.901. The van der Waals surface area contributed by atoms with E-state index in [2.05, 4.69) is 5.32 Å². The Hall–Kier alpha value is -1.62. The average molecular weight is 304 g/mol. The minimum atomic E-state index is -0.144. The zero-order valence-corrected chi connectivity index (χ0v) is 13.1. The molecule has 0 aliphatic heterocycles. The van der Waals surface area contributed by atoms with E-state index in [1.54, 1.807) is 18.3 Å². The van der Waals surface area contributed by atoms with Crippen molar-refractivity contribution in [1.82, 2.24) is 9.88 Å². The Morgan fingerprint density at radius 2 is 2.18 bits per heavy atom. The van der Waals surface area contributed by atoms with Gasteiger partial charge in [0.15, 0.2) is 0 Å². The average Bonchev–Trinajstić information content (AvgIpc) is 3.01. The first kappa shape index (κ1) is 15.3. The number of amides is 1. The molecule has 1 aromatic heterocycles. The number of nitrogens with one attached hydrogen (secondary N) is 1. The van der Waals surface area contributed by atoms with Gasteiger partial charge in [-0.05, 0) is 32.3 Å². The van der Waals surface area contributed by atoms with E-state index in [9.17, 15) is 9.59 Å². The van der Waals surface area contributed by atoms with Gasteiger partial charge in [-0.3, -0.25) is 9.59 Å². The lowest BCUT2D eigenvalue weighted by Gasteiger charge is -2.54. The van der Waals surface area contributed by atoms with E-state index < -0.39 is 0 Å². The molecule has 2 fully saturated rings. The van der Waals surface area contributed by atoms with E-state index in [0.29, 0.717) is 0 Å². The van der Waals surface area contributed by atoms with Crippen molar-refractivity contribution in [3.05, 3.63) is 34.7 Å². The maximum absolute atomic E-state index is 12.3. The van der Waals surface area contributed by atoms with Crippen LogP contribution in [0.4, 0.5) is 0 Å². The van der Waals surface area contributed by atoms with Crippen LogP contribution < -0.4 is 10.9 Å². The maximum atomic E-state index is 12.3. The van der Waals surface area contributed by atoms with Crippen LogP contribution in [0.5, 0.6) is 0 Å². The number of ether oxygens (including phenoxy) is 1. The van der Waals surface area contributed by atoms with Crippen LogP contribution in [0.3, 0.4) is 0 Å². The number of hydrogen-bond donors (Lipinski definition) is 1. The fraction of sp³-hybridized carbons (Fsp3) is 0.647. The predicted octanol–water partition coefficient (Wildman–Crippen LogP) is 1.70. The Bertz CT molecular complexity index is 590. The number of carbonyl (C=O) groups excluding carboxylic acids is 1. The summed E-state index contributed by atoms with van der Waals surface area (Å²) in [5.74, 6) is -0.0838. The number of hydrogen-bond acceptors (Lipinski definition) is 3. The van der Waals surface area contributed by atoms with Gasteiger partial charge in [0.05, 0.1) is 6.10 Å². The molecule has 1 amide bonds. The van der Waals surface area contributed by atoms with Crippen LogP contribution >= 0.6 is 0 Å². The van der Waals surface area contributed by atoms with Gasteiger partial charge in [0.1, 0.15) is 6.54 Å². The molecule has 0 radical (unpaired) electrons. The predicted molar refractivity (Wildman–Crippen MR) is 83.6 cm³/mol. The minimum Gasteiger partial charge on any atom is -0.378 e. The van der Waals surface area contributed by atoms with Crippen molar-refractivity contribution in [2.24, 2.45) is 5.41 Å². The highest BCUT2D eigenvalue weighted by atomic mass is 16.5. The summed E-state index contributed by atoms with van der Waals surface area (Å²) in [6.07, 6.45) is 7.52. The smallest absolute Gasteiger partial charge is 0.250 e. The van der Waals surface area contributed by atoms with E-state index in [-0.39, 0.29) is 35.6 Å². The van der Waals surface area contributed by atoms with Gasteiger partial charge in [0.25, 0.3) is 5.56 Å². The summed E-state index contributed by atoms with van der Waals surface area (Å²) < 4.78 is 7.30. The summed E-state index contributed by atoms with van der Waals surface area (Å²) in [5, 5.41) is 3.13. The van der Waals surface area contributed by atoms with Gasteiger partial charge in [-0.1, -0.05) is 18.9 Å². The lowest BCUT2D eigenvalue weighted by molar-refractivity contribution is -0.144. The van der Waals surface area contributed by atoms with E-state index in [0.717, 1.165) is 25.9 Å². The number of pyridine rings is 1. The molecule has 22 heavy (non-hydrogen) atoms. The Balaban J connectivity index is 1.62. The molecule has 1 aromatic rings. The van der Waals surface area contributed by atoms with E-state index in [1.807, 2.05) is 6.92 Å². The van der Waals surface area contributed by atoms with Crippen LogP contribution in [0.15, 0.2) is 29.2 Å². The number of aromatic nitrogens is 1. The molecule has 5 nitrogen and oxygen atoms in total. The Morgan fingerprint density at radius 3 is 2.86 bits per heavy atom. The molecule has 1 spiro atoms. The molecule has 1 N–H and O–H groups in total. The van der Waals surface area contributed by atoms with Gasteiger partial charge in [0, 0.05) is 30.3 Å². The lowest BCUT2D eigenvalue weighted by Crippen LogP contribution is -2.64. The van der Waals surface area contributed by atoms with Crippen molar-refractivity contribution >= 4 is 5.91 Å². The molecule has 2 atom stereocenters. The summed E-state index contributed by atoms with van der Waals surface area (Å²) in [6.45, 7) is 2.84. The highest BCUT2D eigenvalue weighted by molar-refractivity contribution is 5.76. The topological polar surface area (TPSA) is 60.3 Å². The molecule has 0 aromatic carbocycles. The normalized spacial score (nSPS) is 25.9. The molecule has 2 aliphatic rings. The van der Waals surface area contributed by atoms with Crippen molar-refractivity contribution in [3.8, 4) is 0 Å². The third-order valence-corrected chi connectivity index (χ3v) is 5.24. The number of nitrogens with zero attached hydrogens (tertiary/aromatic N) is 1. The first-order valence-corrected chi connectivity index (χ1v) is 8.22. The highest BCUT2D eigenvalue weighted by Crippen LogP contribution is 2.54. The van der Waals surface area contributed by atoms with Gasteiger partial charge in [-0.25, -0.2) is 0 Å². The molecule has 2 saturated carbocycles. The van der Waals surface area contributed by atoms with Crippen LogP contribution in [-0.2, 0) is 16.1 Å². The van der Waals surface area contributed by atoms with Gasteiger partial charge in [-0.2, -0.15) is 0 Å². The van der Waals surface area contributed by atoms with Crippen molar-refractivity contribution in [2.45, 2.75) is 57.7 Å². The van der Waals surface area contributed by atoms with Gasteiger partial charge < -0.3 is 14.6 Å². The Morgan fingerprint density at radius 1 is 1.41 bits per heavy atom. The van der Waals surface area contributed by atoms with Crippen LogP contribution in [-0.4, -0.2) is 29.2 Å². The Kier molecular flexibility index (Phi) is 4.34. The second-order valence-electron chi connectivity index (χ2n) is 6.41. The van der Waals surface area contributed by atoms with Crippen molar-refractivity contribution in [3.63, 3.8) is 0 Å². The van der Waals surface area contributed by atoms with E-state index in [4.69, 9.17) is 4.74 Å². The van der Waals surface area contributed by atoms with Gasteiger partial charge in [-0.15, -0.1) is 0 Å². The summed E-state index contributed by atoms with van der Waals surface area (Å²) >= 11 is 0. The Labute approximate surface area is 130 Å². The van der Waals surface area contributed by atoms with Gasteiger partial charge in [0.2, 0.25) is 5.91 Å². The summed E-state index contributed by atoms with van der Waals surface area (Å²) in [6, 6.07) is 5.11. The van der Waals surface area contributed by atoms with Crippen LogP contribution in [0.1, 0.15) is 39.0 Å². The van der Waals surface area contributed by atoms with Crippen LogP contribution in [0.2, 0.25) is 0 Å². The largest absolute Gasteiger partial charge is 0.378 e. The first-order valence-electron chi connectivity index (χ1n) is 8.22. The molecule has 0 unspecified atom stereocenters. The molecular weight excluding hydrogens is 280 g/mol. The number of rotatable bonds is 5. The second-order valence-corrected chi connectivity index (χ2v) is 6.41. The van der Waals surface area contributed by atoms with E-state index >= 15 is 0 Å². The molecule has 0 saturated heterocycles. The van der Waals surface area contributed by atoms with Crippen LogP contribution in [0.25, 0.3) is 0 Å². The highest BCUT2D eigenvalue weighted by Gasteiger charge is 2.57. The molecule has 3 rings (SSSR count). The van der Waals surface area contributed by atoms with Gasteiger partial charge >= 0.3 is 0 Å². The summed E-state index contributed by atoms with van der Waals surface area (Å²) in [7, 11) is 0. The maximum Gasteiger partial charge on any atom is 0.250 e. The fourth-order valence-corrected chi connectivity index (χ4v) is 4.07. The van der Waals surface area contributed by atoms with Crippen molar-refractivity contribution < 1.29 is 9.53 Å². The van der Waals surface area contributed by atoms with Crippen LogP contribution in [0, 0.1) is 5.41 Å². The fourth-order valence-electron chi connectivity index (χ4n) is 4.07. The first-order chi connectivity index (χ1) is 10.7. The third kappa shape index (κ3) is 2.70. The van der Waals surface area contributed by atoms with Crippen molar-refractivity contribution in [1.29, 1.82) is 0 Å². The molecular formula is C17H24N2O3. The zero-order valence-electron chi connectivity index (χ0n) is 13.1. The zero-order chi connectivity index (χ0) is 15.6. The third-order valence-electron chi connectivity index (χ3n) is 5.24. The molecule has 0 bridgehead atoms. The monoisotopic (exact) mass is 304 g/mol. The molecule has 2 aliphatic carbocycles. The summed E-state index contributed by atoms with van der Waals surface area (Å²) in [5.41, 5.74) is -0.0122.